The molecule has 1 saturated heterocycles. The first-order valence-electron chi connectivity index (χ1n) is 8.13. The van der Waals surface area contributed by atoms with E-state index < -0.39 is 5.54 Å². The Labute approximate surface area is 153 Å². The summed E-state index contributed by atoms with van der Waals surface area (Å²) in [5.74, 6) is -0.575. The Morgan fingerprint density at radius 2 is 1.92 bits per heavy atom. The van der Waals surface area contributed by atoms with Crippen LogP contribution in [-0.2, 0) is 24.2 Å². The van der Waals surface area contributed by atoms with Gasteiger partial charge < -0.3 is 5.32 Å². The van der Waals surface area contributed by atoms with Crippen LogP contribution in [0.5, 0.6) is 0 Å². The molecule has 4 nitrogen and oxygen atoms in total. The van der Waals surface area contributed by atoms with E-state index in [1.54, 1.807) is 12.1 Å². The largest absolute Gasteiger partial charge is 0.325 e. The SMILES string of the molecule is O=C1NC2(CCc3ccccc3C2)C(=O)N1Cc1ccc(F)c(Br)c1. The molecule has 1 aliphatic heterocycles. The van der Waals surface area contributed by atoms with E-state index in [1.165, 1.54) is 16.5 Å². The second-order valence-corrected chi connectivity index (χ2v) is 7.45. The molecule has 1 spiro atoms. The Kier molecular flexibility index (Phi) is 3.87. The van der Waals surface area contributed by atoms with Crippen molar-refractivity contribution in [1.82, 2.24) is 10.2 Å². The summed E-state index contributed by atoms with van der Waals surface area (Å²) in [7, 11) is 0. The van der Waals surface area contributed by atoms with Crippen LogP contribution >= 0.6 is 15.9 Å². The summed E-state index contributed by atoms with van der Waals surface area (Å²) in [6.07, 6.45) is 1.87. The second kappa shape index (κ2) is 5.95. The third-order valence-electron chi connectivity index (χ3n) is 5.00. The highest BCUT2D eigenvalue weighted by atomic mass is 79.9. The maximum absolute atomic E-state index is 13.4. The van der Waals surface area contributed by atoms with E-state index in [2.05, 4.69) is 27.3 Å². The van der Waals surface area contributed by atoms with Gasteiger partial charge in [0, 0.05) is 6.42 Å². The van der Waals surface area contributed by atoms with E-state index in [0.29, 0.717) is 22.9 Å². The molecule has 2 aromatic carbocycles. The van der Waals surface area contributed by atoms with Gasteiger partial charge in [-0.15, -0.1) is 0 Å². The molecule has 1 atom stereocenters. The number of carbonyl (C=O) groups is 2. The third-order valence-corrected chi connectivity index (χ3v) is 5.61. The van der Waals surface area contributed by atoms with Crippen molar-refractivity contribution in [3.8, 4) is 0 Å². The lowest BCUT2D eigenvalue weighted by atomic mass is 9.78. The van der Waals surface area contributed by atoms with Gasteiger partial charge in [0.1, 0.15) is 11.4 Å². The molecule has 0 radical (unpaired) electrons. The number of nitrogens with one attached hydrogen (secondary N) is 1. The predicted octanol–water partition coefficient (Wildman–Crippen LogP) is 3.57. The van der Waals surface area contributed by atoms with Gasteiger partial charge in [0.2, 0.25) is 0 Å². The molecule has 25 heavy (non-hydrogen) atoms. The molecule has 2 aromatic rings. The fourth-order valence-electron chi connectivity index (χ4n) is 3.67. The van der Waals surface area contributed by atoms with Crippen molar-refractivity contribution in [3.05, 3.63) is 69.4 Å². The molecular weight excluding hydrogens is 387 g/mol. The summed E-state index contributed by atoms with van der Waals surface area (Å²) in [6, 6.07) is 12.1. The zero-order chi connectivity index (χ0) is 17.6. The Morgan fingerprint density at radius 1 is 1.16 bits per heavy atom. The topological polar surface area (TPSA) is 49.4 Å². The molecule has 1 fully saturated rings. The van der Waals surface area contributed by atoms with Gasteiger partial charge in [0.25, 0.3) is 5.91 Å². The molecule has 3 amide bonds. The molecular formula is C19H16BrFN2O2. The number of nitrogens with zero attached hydrogens (tertiary/aromatic N) is 1. The zero-order valence-corrected chi connectivity index (χ0v) is 15.0. The van der Waals surface area contributed by atoms with Crippen molar-refractivity contribution in [1.29, 1.82) is 0 Å². The van der Waals surface area contributed by atoms with E-state index in [-0.39, 0.29) is 24.3 Å². The maximum Gasteiger partial charge on any atom is 0.325 e. The van der Waals surface area contributed by atoms with E-state index in [9.17, 15) is 14.0 Å². The number of amides is 3. The molecule has 6 heteroatoms. The van der Waals surface area contributed by atoms with Crippen LogP contribution < -0.4 is 5.32 Å². The lowest BCUT2D eigenvalue weighted by molar-refractivity contribution is -0.132. The van der Waals surface area contributed by atoms with Gasteiger partial charge in [-0.3, -0.25) is 9.69 Å². The first-order chi connectivity index (χ1) is 12.0. The van der Waals surface area contributed by atoms with Gasteiger partial charge in [-0.2, -0.15) is 0 Å². The predicted molar refractivity (Wildman–Crippen MR) is 94.4 cm³/mol. The molecule has 0 aromatic heterocycles. The number of carbonyl (C=O) groups excluding carboxylic acids is 2. The lowest BCUT2D eigenvalue weighted by Crippen LogP contribution is -2.51. The highest BCUT2D eigenvalue weighted by Crippen LogP contribution is 2.34. The number of rotatable bonds is 2. The fraction of sp³-hybridized carbons (Fsp3) is 0.263. The molecule has 1 aliphatic carbocycles. The van der Waals surface area contributed by atoms with Gasteiger partial charge in [-0.1, -0.05) is 30.3 Å². The van der Waals surface area contributed by atoms with Crippen molar-refractivity contribution in [2.75, 3.05) is 0 Å². The summed E-state index contributed by atoms with van der Waals surface area (Å²) in [5, 5.41) is 2.91. The number of halogens is 2. The minimum Gasteiger partial charge on any atom is -0.323 e. The zero-order valence-electron chi connectivity index (χ0n) is 13.4. The summed E-state index contributed by atoms with van der Waals surface area (Å²) < 4.78 is 13.7. The van der Waals surface area contributed by atoms with E-state index in [4.69, 9.17) is 0 Å². The average molecular weight is 403 g/mol. The number of urea groups is 1. The summed E-state index contributed by atoms with van der Waals surface area (Å²) in [4.78, 5) is 26.7. The van der Waals surface area contributed by atoms with Gasteiger partial charge in [-0.05, 0) is 57.6 Å². The molecule has 1 N–H and O–H groups in total. The third kappa shape index (κ3) is 2.74. The summed E-state index contributed by atoms with van der Waals surface area (Å²) >= 11 is 3.13. The molecule has 4 rings (SSSR count). The summed E-state index contributed by atoms with van der Waals surface area (Å²) in [5.41, 5.74) is 2.18. The van der Waals surface area contributed by atoms with Crippen LogP contribution in [0.25, 0.3) is 0 Å². The van der Waals surface area contributed by atoms with E-state index in [1.807, 2.05) is 18.2 Å². The molecule has 2 aliphatic rings. The van der Waals surface area contributed by atoms with Crippen LogP contribution in [0.3, 0.4) is 0 Å². The molecule has 0 saturated carbocycles. The number of imide groups is 1. The lowest BCUT2D eigenvalue weighted by Gasteiger charge is -2.32. The quantitative estimate of drug-likeness (QED) is 0.780. The first kappa shape index (κ1) is 16.3. The molecule has 1 unspecified atom stereocenters. The van der Waals surface area contributed by atoms with Crippen LogP contribution in [-0.4, -0.2) is 22.4 Å². The number of hydrogen-bond acceptors (Lipinski definition) is 2. The molecule has 128 valence electrons. The molecule has 0 bridgehead atoms. The Bertz CT molecular complexity index is 885. The standard InChI is InChI=1S/C19H16BrFN2O2/c20-15-9-12(5-6-16(15)21)11-23-17(24)19(22-18(23)25)8-7-13-3-1-2-4-14(13)10-19/h1-6,9H,7-8,10-11H2,(H,22,25). The van der Waals surface area contributed by atoms with Crippen LogP contribution in [0.4, 0.5) is 9.18 Å². The van der Waals surface area contributed by atoms with Crippen molar-refractivity contribution >= 4 is 27.9 Å². The maximum atomic E-state index is 13.4. The highest BCUT2D eigenvalue weighted by molar-refractivity contribution is 9.10. The smallest absolute Gasteiger partial charge is 0.323 e. The van der Waals surface area contributed by atoms with Crippen LogP contribution in [0, 0.1) is 5.82 Å². The highest BCUT2D eigenvalue weighted by Gasteiger charge is 2.52. The van der Waals surface area contributed by atoms with Gasteiger partial charge in [0.05, 0.1) is 11.0 Å². The minimum absolute atomic E-state index is 0.132. The van der Waals surface area contributed by atoms with Gasteiger partial charge in [-0.25, -0.2) is 9.18 Å². The second-order valence-electron chi connectivity index (χ2n) is 6.60. The number of hydrogen-bond donors (Lipinski definition) is 1. The monoisotopic (exact) mass is 402 g/mol. The van der Waals surface area contributed by atoms with E-state index in [0.717, 1.165) is 12.0 Å². The fourth-order valence-corrected chi connectivity index (χ4v) is 4.09. The average Bonchev–Trinajstić information content (AvgIpc) is 2.82. The Morgan fingerprint density at radius 3 is 2.68 bits per heavy atom. The Hall–Kier alpha value is -2.21. The van der Waals surface area contributed by atoms with Crippen LogP contribution in [0.2, 0.25) is 0 Å². The minimum atomic E-state index is -0.858. The van der Waals surface area contributed by atoms with Crippen LogP contribution in [0.1, 0.15) is 23.1 Å². The van der Waals surface area contributed by atoms with Gasteiger partial charge >= 0.3 is 6.03 Å². The first-order valence-corrected chi connectivity index (χ1v) is 8.93. The van der Waals surface area contributed by atoms with Gasteiger partial charge in [0.15, 0.2) is 0 Å². The van der Waals surface area contributed by atoms with E-state index >= 15 is 0 Å². The number of fused-ring (bicyclic) bond motifs is 1. The van der Waals surface area contributed by atoms with Crippen molar-refractivity contribution in [3.63, 3.8) is 0 Å². The normalized spacial score (nSPS) is 22.2. The van der Waals surface area contributed by atoms with Crippen LogP contribution in [0.15, 0.2) is 46.9 Å². The number of benzene rings is 2. The Balaban J connectivity index is 1.59. The van der Waals surface area contributed by atoms with Crippen molar-refractivity contribution < 1.29 is 14.0 Å². The summed E-state index contributed by atoms with van der Waals surface area (Å²) in [6.45, 7) is 0.132. The van der Waals surface area contributed by atoms with Crippen molar-refractivity contribution in [2.45, 2.75) is 31.3 Å². The number of aryl methyl sites for hydroxylation is 1. The molecule has 1 heterocycles. The van der Waals surface area contributed by atoms with Crippen molar-refractivity contribution in [2.24, 2.45) is 0 Å².